The number of aromatic nitrogens is 1. The normalized spacial score (nSPS) is 12.9. The van der Waals surface area contributed by atoms with E-state index in [4.69, 9.17) is 4.42 Å². The lowest BCUT2D eigenvalue weighted by Crippen LogP contribution is -2.35. The second-order valence-electron chi connectivity index (χ2n) is 6.92. The highest BCUT2D eigenvalue weighted by Crippen LogP contribution is 2.26. The number of oxazole rings is 1. The molecule has 1 aliphatic heterocycles. The lowest BCUT2D eigenvalue weighted by Gasteiger charge is -2.19. The molecule has 0 saturated heterocycles. The lowest BCUT2D eigenvalue weighted by atomic mass is 10.2. The van der Waals surface area contributed by atoms with E-state index in [0.29, 0.717) is 29.5 Å². The predicted molar refractivity (Wildman–Crippen MR) is 106 cm³/mol. The van der Waals surface area contributed by atoms with Crippen molar-refractivity contribution in [3.05, 3.63) is 71.4 Å². The molecule has 3 aromatic rings. The van der Waals surface area contributed by atoms with Crippen LogP contribution in [0.1, 0.15) is 17.0 Å². The van der Waals surface area contributed by atoms with Gasteiger partial charge in [0.15, 0.2) is 0 Å². The van der Waals surface area contributed by atoms with Gasteiger partial charge in [0.2, 0.25) is 11.8 Å². The summed E-state index contributed by atoms with van der Waals surface area (Å²) in [6.45, 7) is 4.09. The van der Waals surface area contributed by atoms with E-state index in [-0.39, 0.29) is 18.1 Å². The second-order valence-corrected chi connectivity index (χ2v) is 6.92. The largest absolute Gasteiger partial charge is 0.441 e. The van der Waals surface area contributed by atoms with Gasteiger partial charge in [-0.25, -0.2) is 9.37 Å². The molecule has 0 aliphatic carbocycles. The fourth-order valence-electron chi connectivity index (χ4n) is 3.52. The van der Waals surface area contributed by atoms with Crippen LogP contribution in [-0.2, 0) is 17.6 Å². The number of carbonyl (C=O) groups is 1. The maximum absolute atomic E-state index is 13.4. The Labute approximate surface area is 163 Å². The summed E-state index contributed by atoms with van der Waals surface area (Å²) in [5.74, 6) is 0.446. The zero-order valence-electron chi connectivity index (χ0n) is 15.7. The summed E-state index contributed by atoms with van der Waals surface area (Å²) in [7, 11) is 0. The number of nitrogens with one attached hydrogen (secondary N) is 1. The van der Waals surface area contributed by atoms with Gasteiger partial charge < -0.3 is 14.6 Å². The molecule has 5 nitrogen and oxygen atoms in total. The van der Waals surface area contributed by atoms with Crippen LogP contribution in [0.15, 0.2) is 52.9 Å². The van der Waals surface area contributed by atoms with E-state index in [0.717, 1.165) is 19.5 Å². The number of fused-ring (bicyclic) bond motifs is 1. The second kappa shape index (κ2) is 7.84. The highest BCUT2D eigenvalue weighted by molar-refractivity contribution is 5.78. The molecule has 0 unspecified atom stereocenters. The number of carbonyl (C=O) groups excluding carboxylic acids is 1. The van der Waals surface area contributed by atoms with Gasteiger partial charge in [0, 0.05) is 30.9 Å². The fourth-order valence-corrected chi connectivity index (χ4v) is 3.52. The van der Waals surface area contributed by atoms with Crippen molar-refractivity contribution in [2.75, 3.05) is 24.5 Å². The van der Waals surface area contributed by atoms with Crippen LogP contribution in [0.3, 0.4) is 0 Å². The monoisotopic (exact) mass is 379 g/mol. The molecule has 0 fully saturated rings. The molecule has 0 spiro atoms. The van der Waals surface area contributed by atoms with E-state index >= 15 is 0 Å². The van der Waals surface area contributed by atoms with Crippen molar-refractivity contribution in [2.24, 2.45) is 0 Å². The predicted octanol–water partition coefficient (Wildman–Crippen LogP) is 3.51. The van der Waals surface area contributed by atoms with Gasteiger partial charge in [-0.05, 0) is 43.2 Å². The first kappa shape index (κ1) is 18.2. The number of hydrogen-bond donors (Lipinski definition) is 1. The first-order valence-corrected chi connectivity index (χ1v) is 9.42. The summed E-state index contributed by atoms with van der Waals surface area (Å²) < 4.78 is 19.0. The molecule has 4 rings (SSSR count). The van der Waals surface area contributed by atoms with Crippen molar-refractivity contribution in [1.29, 1.82) is 0 Å². The number of hydrogen-bond acceptors (Lipinski definition) is 4. The summed E-state index contributed by atoms with van der Waals surface area (Å²) >= 11 is 0. The number of aryl methyl sites for hydroxylation is 1. The van der Waals surface area contributed by atoms with E-state index in [1.165, 1.54) is 23.4 Å². The van der Waals surface area contributed by atoms with Crippen molar-refractivity contribution in [3.63, 3.8) is 0 Å². The third-order valence-electron chi connectivity index (χ3n) is 4.98. The maximum Gasteiger partial charge on any atom is 0.226 e. The molecule has 1 N–H and O–H groups in total. The Bertz CT molecular complexity index is 999. The van der Waals surface area contributed by atoms with Gasteiger partial charge in [-0.15, -0.1) is 0 Å². The topological polar surface area (TPSA) is 58.4 Å². The molecule has 144 valence electrons. The maximum atomic E-state index is 13.4. The minimum atomic E-state index is -0.351. The third kappa shape index (κ3) is 3.91. The van der Waals surface area contributed by atoms with Crippen LogP contribution >= 0.6 is 0 Å². The Hall–Kier alpha value is -3.15. The smallest absolute Gasteiger partial charge is 0.226 e. The molecule has 1 aromatic heterocycles. The van der Waals surface area contributed by atoms with Gasteiger partial charge in [0.25, 0.3) is 0 Å². The summed E-state index contributed by atoms with van der Waals surface area (Å²) in [6.07, 6.45) is 1.19. The van der Waals surface area contributed by atoms with Gasteiger partial charge in [-0.1, -0.05) is 24.3 Å². The SMILES string of the molecule is Cc1oc(-c2cccc(F)c2)nc1CC(=O)NCCN1CCc2ccccc21. The lowest BCUT2D eigenvalue weighted by molar-refractivity contribution is -0.120. The third-order valence-corrected chi connectivity index (χ3v) is 4.98. The number of halogens is 1. The first-order chi connectivity index (χ1) is 13.6. The Balaban J connectivity index is 1.32. The fraction of sp³-hybridized carbons (Fsp3) is 0.273. The zero-order valence-corrected chi connectivity index (χ0v) is 15.7. The average molecular weight is 379 g/mol. The summed E-state index contributed by atoms with van der Waals surface area (Å²) in [5.41, 5.74) is 3.74. The van der Waals surface area contributed by atoms with Crippen LogP contribution in [0, 0.1) is 12.7 Å². The minimum absolute atomic E-state index is 0.102. The molecule has 0 saturated carbocycles. The Morgan fingerprint density at radius 2 is 2.11 bits per heavy atom. The Morgan fingerprint density at radius 1 is 1.25 bits per heavy atom. The van der Waals surface area contributed by atoms with Gasteiger partial charge in [-0.3, -0.25) is 4.79 Å². The number of nitrogens with zero attached hydrogens (tertiary/aromatic N) is 2. The Morgan fingerprint density at radius 3 is 2.96 bits per heavy atom. The summed E-state index contributed by atoms with van der Waals surface area (Å²) in [5, 5.41) is 2.95. The number of para-hydroxylation sites is 1. The molecule has 0 radical (unpaired) electrons. The van der Waals surface area contributed by atoms with Crippen LogP contribution in [0.4, 0.5) is 10.1 Å². The van der Waals surface area contributed by atoms with Crippen molar-refractivity contribution in [2.45, 2.75) is 19.8 Å². The van der Waals surface area contributed by atoms with Gasteiger partial charge in [0.05, 0.1) is 12.1 Å². The molecule has 0 atom stereocenters. The van der Waals surface area contributed by atoms with Gasteiger partial charge >= 0.3 is 0 Å². The number of rotatable bonds is 6. The quantitative estimate of drug-likeness (QED) is 0.712. The minimum Gasteiger partial charge on any atom is -0.441 e. The van der Waals surface area contributed by atoms with Crippen LogP contribution in [0.2, 0.25) is 0 Å². The van der Waals surface area contributed by atoms with Gasteiger partial charge in [0.1, 0.15) is 11.6 Å². The highest BCUT2D eigenvalue weighted by atomic mass is 19.1. The van der Waals surface area contributed by atoms with E-state index in [9.17, 15) is 9.18 Å². The number of benzene rings is 2. The summed E-state index contributed by atoms with van der Waals surface area (Å²) in [6, 6.07) is 14.4. The van der Waals surface area contributed by atoms with E-state index in [1.807, 2.05) is 6.07 Å². The van der Waals surface area contributed by atoms with E-state index < -0.39 is 0 Å². The molecule has 0 bridgehead atoms. The molecule has 1 amide bonds. The van der Waals surface area contributed by atoms with Crippen LogP contribution in [0.5, 0.6) is 0 Å². The van der Waals surface area contributed by atoms with Crippen molar-refractivity contribution < 1.29 is 13.6 Å². The van der Waals surface area contributed by atoms with E-state index in [1.54, 1.807) is 19.1 Å². The van der Waals surface area contributed by atoms with Crippen molar-refractivity contribution in [3.8, 4) is 11.5 Å². The zero-order chi connectivity index (χ0) is 19.5. The molecule has 2 aromatic carbocycles. The molecule has 28 heavy (non-hydrogen) atoms. The van der Waals surface area contributed by atoms with Crippen molar-refractivity contribution >= 4 is 11.6 Å². The summed E-state index contributed by atoms with van der Waals surface area (Å²) in [4.78, 5) is 19.0. The highest BCUT2D eigenvalue weighted by Gasteiger charge is 2.18. The standard InChI is InChI=1S/C22H22FN3O2/c1-15-19(25-22(28-15)17-6-4-7-18(23)13-17)14-21(27)24-10-12-26-11-9-16-5-2-3-8-20(16)26/h2-8,13H,9-12,14H2,1H3,(H,24,27). The molecule has 6 heteroatoms. The Kier molecular flexibility index (Phi) is 5.10. The number of anilines is 1. The van der Waals surface area contributed by atoms with Crippen LogP contribution in [-0.4, -0.2) is 30.5 Å². The van der Waals surface area contributed by atoms with Crippen LogP contribution in [0.25, 0.3) is 11.5 Å². The average Bonchev–Trinajstić information content (AvgIpc) is 3.26. The molecular formula is C22H22FN3O2. The van der Waals surface area contributed by atoms with Gasteiger partial charge in [-0.2, -0.15) is 0 Å². The van der Waals surface area contributed by atoms with E-state index in [2.05, 4.69) is 33.4 Å². The molecule has 2 heterocycles. The number of amides is 1. The molecule has 1 aliphatic rings. The van der Waals surface area contributed by atoms with Crippen molar-refractivity contribution in [1.82, 2.24) is 10.3 Å². The first-order valence-electron chi connectivity index (χ1n) is 9.42. The molecular weight excluding hydrogens is 357 g/mol. The van der Waals surface area contributed by atoms with Crippen LogP contribution < -0.4 is 10.2 Å².